The molecule has 3 fully saturated rings. The number of fused-ring (bicyclic) bond motifs is 4. The van der Waals surface area contributed by atoms with Crippen molar-refractivity contribution in [2.45, 2.75) is 32.0 Å². The number of aromatic nitrogens is 1. The summed E-state index contributed by atoms with van der Waals surface area (Å²) in [6.07, 6.45) is 8.03. The van der Waals surface area contributed by atoms with E-state index < -0.39 is 0 Å². The summed E-state index contributed by atoms with van der Waals surface area (Å²) in [6.45, 7) is 4.37. The number of hydrogen-bond acceptors (Lipinski definition) is 4. The van der Waals surface area contributed by atoms with Crippen LogP contribution in [0.15, 0.2) is 29.1 Å². The molecule has 3 saturated heterocycles. The molecule has 1 aromatic heterocycles. The zero-order valence-corrected chi connectivity index (χ0v) is 15.2. The first-order valence-electron chi connectivity index (χ1n) is 9.29. The highest BCUT2D eigenvalue weighted by molar-refractivity contribution is 5.81. The number of nitrogens with one attached hydrogen (secondary N) is 1. The van der Waals surface area contributed by atoms with Crippen LogP contribution in [0, 0.1) is 18.3 Å². The largest absolute Gasteiger partial charge is 0.497 e. The van der Waals surface area contributed by atoms with Crippen molar-refractivity contribution < 1.29 is 4.74 Å². The number of ether oxygens (including phenoxy) is 1. The van der Waals surface area contributed by atoms with Crippen LogP contribution in [0.2, 0.25) is 0 Å². The molecule has 5 nitrogen and oxygen atoms in total. The van der Waals surface area contributed by atoms with Crippen LogP contribution < -0.4 is 15.6 Å². The second kappa shape index (κ2) is 7.14. The van der Waals surface area contributed by atoms with Gasteiger partial charge in [-0.2, -0.15) is 0 Å². The van der Waals surface area contributed by atoms with Crippen molar-refractivity contribution in [2.24, 2.45) is 5.92 Å². The molecule has 2 bridgehead atoms. The van der Waals surface area contributed by atoms with E-state index in [1.807, 2.05) is 24.3 Å². The molecule has 1 aromatic carbocycles. The molecular formula is C21H25N3O2. The summed E-state index contributed by atoms with van der Waals surface area (Å²) in [5.74, 6) is 4.06. The molecular weight excluding hydrogens is 326 g/mol. The predicted molar refractivity (Wildman–Crippen MR) is 103 cm³/mol. The maximum Gasteiger partial charge on any atom is 0.256 e. The molecule has 26 heavy (non-hydrogen) atoms. The van der Waals surface area contributed by atoms with Crippen molar-refractivity contribution >= 4 is 10.9 Å². The van der Waals surface area contributed by atoms with Crippen molar-refractivity contribution in [3.63, 3.8) is 0 Å². The van der Waals surface area contributed by atoms with E-state index in [2.05, 4.69) is 16.1 Å². The van der Waals surface area contributed by atoms with Gasteiger partial charge in [0.2, 0.25) is 0 Å². The van der Waals surface area contributed by atoms with Crippen molar-refractivity contribution in [1.82, 2.24) is 14.8 Å². The Labute approximate surface area is 153 Å². The Morgan fingerprint density at radius 1 is 1.31 bits per heavy atom. The van der Waals surface area contributed by atoms with Crippen LogP contribution in [0.3, 0.4) is 0 Å². The van der Waals surface area contributed by atoms with E-state index in [1.165, 1.54) is 25.9 Å². The zero-order valence-electron chi connectivity index (χ0n) is 15.2. The SMILES string of the molecule is C#CCn1c(=O)c(CN[C@@H]2CN3CCC2CC3)cc2ccc(OC)cc21. The quantitative estimate of drug-likeness (QED) is 0.835. The van der Waals surface area contributed by atoms with Gasteiger partial charge in [-0.25, -0.2) is 0 Å². The molecule has 0 unspecified atom stereocenters. The molecule has 1 atom stereocenters. The average Bonchev–Trinajstić information content (AvgIpc) is 2.69. The minimum Gasteiger partial charge on any atom is -0.497 e. The summed E-state index contributed by atoms with van der Waals surface area (Å²) in [4.78, 5) is 15.5. The Morgan fingerprint density at radius 3 is 2.77 bits per heavy atom. The van der Waals surface area contributed by atoms with Gasteiger partial charge < -0.3 is 15.0 Å². The first kappa shape index (κ1) is 17.1. The van der Waals surface area contributed by atoms with Crippen LogP contribution in [0.4, 0.5) is 0 Å². The molecule has 5 rings (SSSR count). The Balaban J connectivity index is 1.63. The predicted octanol–water partition coefficient (Wildman–Crippen LogP) is 1.83. The van der Waals surface area contributed by atoms with Gasteiger partial charge in [-0.15, -0.1) is 6.42 Å². The maximum atomic E-state index is 13.0. The lowest BCUT2D eigenvalue weighted by Gasteiger charge is -2.45. The summed E-state index contributed by atoms with van der Waals surface area (Å²) in [7, 11) is 1.62. The number of pyridine rings is 1. The summed E-state index contributed by atoms with van der Waals surface area (Å²) in [6, 6.07) is 8.23. The number of hydrogen-bond donors (Lipinski definition) is 1. The van der Waals surface area contributed by atoms with E-state index in [1.54, 1.807) is 11.7 Å². The van der Waals surface area contributed by atoms with Crippen molar-refractivity contribution in [3.8, 4) is 18.1 Å². The molecule has 5 heteroatoms. The van der Waals surface area contributed by atoms with Gasteiger partial charge in [-0.3, -0.25) is 9.36 Å². The summed E-state index contributed by atoms with van der Waals surface area (Å²) in [5.41, 5.74) is 1.57. The highest BCUT2D eigenvalue weighted by atomic mass is 16.5. The molecule has 3 aliphatic heterocycles. The van der Waals surface area contributed by atoms with Crippen LogP contribution in [0.25, 0.3) is 10.9 Å². The number of nitrogens with zero attached hydrogens (tertiary/aromatic N) is 2. The molecule has 0 radical (unpaired) electrons. The van der Waals surface area contributed by atoms with E-state index >= 15 is 0 Å². The lowest BCUT2D eigenvalue weighted by Crippen LogP contribution is -2.56. The number of benzene rings is 1. The topological polar surface area (TPSA) is 46.5 Å². The number of methoxy groups -OCH3 is 1. The van der Waals surface area contributed by atoms with E-state index in [-0.39, 0.29) is 12.1 Å². The number of rotatable bonds is 5. The number of terminal acetylenes is 1. The molecule has 0 spiro atoms. The molecule has 1 N–H and O–H groups in total. The molecule has 4 heterocycles. The van der Waals surface area contributed by atoms with E-state index in [0.717, 1.165) is 34.7 Å². The maximum absolute atomic E-state index is 13.0. The molecule has 0 saturated carbocycles. The summed E-state index contributed by atoms with van der Waals surface area (Å²) >= 11 is 0. The third-order valence-corrected chi connectivity index (χ3v) is 5.84. The van der Waals surface area contributed by atoms with Crippen molar-refractivity contribution in [3.05, 3.63) is 40.2 Å². The van der Waals surface area contributed by atoms with Gasteiger partial charge in [0, 0.05) is 30.8 Å². The molecule has 0 aliphatic carbocycles. The Morgan fingerprint density at radius 2 is 2.12 bits per heavy atom. The second-order valence-electron chi connectivity index (χ2n) is 7.32. The van der Waals surface area contributed by atoms with Gasteiger partial charge >= 0.3 is 0 Å². The van der Waals surface area contributed by atoms with Crippen LogP contribution in [0.5, 0.6) is 5.75 Å². The van der Waals surface area contributed by atoms with Crippen LogP contribution in [-0.2, 0) is 13.1 Å². The highest BCUT2D eigenvalue weighted by Gasteiger charge is 2.33. The Hall–Kier alpha value is -2.29. The Bertz CT molecular complexity index is 904. The second-order valence-corrected chi connectivity index (χ2v) is 7.32. The minimum atomic E-state index is -0.0162. The van der Waals surface area contributed by atoms with E-state index in [0.29, 0.717) is 12.6 Å². The van der Waals surface area contributed by atoms with E-state index in [9.17, 15) is 4.79 Å². The monoisotopic (exact) mass is 351 g/mol. The fourth-order valence-electron chi connectivity index (χ4n) is 4.35. The van der Waals surface area contributed by atoms with Crippen LogP contribution in [0.1, 0.15) is 18.4 Å². The standard InChI is InChI=1S/C21H25N3O2/c1-3-8-24-20-12-18(26-2)5-4-16(20)11-17(21(24)25)13-22-19-14-23-9-6-15(19)7-10-23/h1,4-5,11-12,15,19,22H,6-10,13-14H2,2H3/t19-/m1/s1. The first-order valence-corrected chi connectivity index (χ1v) is 9.29. The van der Waals surface area contributed by atoms with E-state index in [4.69, 9.17) is 11.2 Å². The van der Waals surface area contributed by atoms with Gasteiger partial charge in [0.25, 0.3) is 5.56 Å². The third kappa shape index (κ3) is 3.11. The minimum absolute atomic E-state index is 0.0162. The molecule has 0 amide bonds. The average molecular weight is 351 g/mol. The van der Waals surface area contributed by atoms with Crippen LogP contribution in [-0.4, -0.2) is 42.3 Å². The third-order valence-electron chi connectivity index (χ3n) is 5.84. The lowest BCUT2D eigenvalue weighted by molar-refractivity contribution is 0.0719. The van der Waals surface area contributed by atoms with Crippen LogP contribution >= 0.6 is 0 Å². The van der Waals surface area contributed by atoms with Gasteiger partial charge in [-0.05, 0) is 55.4 Å². The summed E-state index contributed by atoms with van der Waals surface area (Å²) in [5, 5.41) is 4.64. The highest BCUT2D eigenvalue weighted by Crippen LogP contribution is 2.27. The normalized spacial score (nSPS) is 24.5. The molecule has 136 valence electrons. The summed E-state index contributed by atoms with van der Waals surface area (Å²) < 4.78 is 6.97. The van der Waals surface area contributed by atoms with Gasteiger partial charge in [-0.1, -0.05) is 5.92 Å². The first-order chi connectivity index (χ1) is 12.7. The Kier molecular flexibility index (Phi) is 4.71. The van der Waals surface area contributed by atoms with Gasteiger partial charge in [0.05, 0.1) is 19.2 Å². The van der Waals surface area contributed by atoms with Crippen molar-refractivity contribution in [1.29, 1.82) is 0 Å². The fraction of sp³-hybridized carbons (Fsp3) is 0.476. The zero-order chi connectivity index (χ0) is 18.1. The smallest absolute Gasteiger partial charge is 0.256 e. The van der Waals surface area contributed by atoms with Gasteiger partial charge in [0.15, 0.2) is 0 Å². The van der Waals surface area contributed by atoms with Crippen molar-refractivity contribution in [2.75, 3.05) is 26.7 Å². The molecule has 3 aliphatic rings. The fourth-order valence-corrected chi connectivity index (χ4v) is 4.35. The van der Waals surface area contributed by atoms with Gasteiger partial charge in [0.1, 0.15) is 5.75 Å². The lowest BCUT2D eigenvalue weighted by atomic mass is 9.84. The molecule has 2 aromatic rings. The number of piperidine rings is 3.